The molecule has 0 radical (unpaired) electrons. The van der Waals surface area contributed by atoms with Crippen molar-refractivity contribution in [2.75, 3.05) is 6.54 Å². The van der Waals surface area contributed by atoms with E-state index in [-0.39, 0.29) is 24.4 Å². The molecule has 1 rings (SSSR count). The Morgan fingerprint density at radius 3 is 2.18 bits per heavy atom. The molecule has 120 valence electrons. The van der Waals surface area contributed by atoms with Crippen LogP contribution in [0.1, 0.15) is 31.1 Å². The monoisotopic (exact) mass is 325 g/mol. The lowest BCUT2D eigenvalue weighted by atomic mass is 10.2. The minimum absolute atomic E-state index is 0.183. The number of nitrogens with one attached hydrogen (secondary N) is 1. The van der Waals surface area contributed by atoms with Crippen molar-refractivity contribution in [3.63, 3.8) is 0 Å². The maximum atomic E-state index is 12.3. The molecule has 0 saturated heterocycles. The molecule has 0 bridgehead atoms. The van der Waals surface area contributed by atoms with Gasteiger partial charge in [-0.25, -0.2) is 0 Å². The van der Waals surface area contributed by atoms with Gasteiger partial charge in [0.2, 0.25) is 11.8 Å². The van der Waals surface area contributed by atoms with E-state index in [1.807, 2.05) is 0 Å². The Morgan fingerprint density at radius 1 is 1.18 bits per heavy atom. The number of nitrogens with zero attached hydrogens (tertiary/aromatic N) is 1. The molecule has 0 spiro atoms. The second-order valence-corrected chi connectivity index (χ2v) is 5.66. The van der Waals surface area contributed by atoms with Gasteiger partial charge >= 0.3 is 0 Å². The van der Waals surface area contributed by atoms with Gasteiger partial charge in [0.25, 0.3) is 5.91 Å². The lowest BCUT2D eigenvalue weighted by Gasteiger charge is -2.28. The van der Waals surface area contributed by atoms with Gasteiger partial charge in [-0.15, -0.1) is 0 Å². The Kier molecular flexibility index (Phi) is 6.37. The highest BCUT2D eigenvalue weighted by Crippen LogP contribution is 2.10. The summed E-state index contributed by atoms with van der Waals surface area (Å²) in [6.07, 6.45) is 0. The fraction of sp³-hybridized carbons (Fsp3) is 0.400. The molecule has 22 heavy (non-hydrogen) atoms. The fourth-order valence-electron chi connectivity index (χ4n) is 1.87. The van der Waals surface area contributed by atoms with Crippen LogP contribution in [0.2, 0.25) is 5.02 Å². The van der Waals surface area contributed by atoms with Crippen LogP contribution in [0.4, 0.5) is 0 Å². The summed E-state index contributed by atoms with van der Waals surface area (Å²) in [5, 5.41) is 3.12. The minimum atomic E-state index is -0.773. The Morgan fingerprint density at radius 2 is 1.73 bits per heavy atom. The first kappa shape index (κ1) is 18.0. The molecule has 0 aliphatic carbocycles. The third-order valence-corrected chi connectivity index (χ3v) is 3.31. The highest BCUT2D eigenvalue weighted by molar-refractivity contribution is 6.30. The van der Waals surface area contributed by atoms with Crippen molar-refractivity contribution < 1.29 is 14.4 Å². The Bertz CT molecular complexity index is 558. The van der Waals surface area contributed by atoms with Crippen LogP contribution in [0.15, 0.2) is 24.3 Å². The number of nitrogens with two attached hydrogens (primary N) is 1. The number of rotatable bonds is 6. The van der Waals surface area contributed by atoms with E-state index in [9.17, 15) is 14.4 Å². The molecule has 0 aliphatic rings. The summed E-state index contributed by atoms with van der Waals surface area (Å²) in [4.78, 5) is 36.8. The first-order valence-electron chi connectivity index (χ1n) is 6.87. The predicted octanol–water partition coefficient (Wildman–Crippen LogP) is 1.18. The molecule has 6 nitrogen and oxygen atoms in total. The molecule has 0 heterocycles. The Hall–Kier alpha value is -2.08. The number of carbonyl (C=O) groups is 3. The second-order valence-electron chi connectivity index (χ2n) is 5.23. The van der Waals surface area contributed by atoms with Gasteiger partial charge in [-0.3, -0.25) is 14.4 Å². The zero-order valence-corrected chi connectivity index (χ0v) is 13.6. The molecule has 1 aromatic rings. The first-order chi connectivity index (χ1) is 10.2. The number of hydrogen-bond donors (Lipinski definition) is 2. The lowest BCUT2D eigenvalue weighted by Crippen LogP contribution is -2.51. The van der Waals surface area contributed by atoms with Crippen LogP contribution < -0.4 is 11.1 Å². The number of primary amides is 1. The first-order valence-corrected chi connectivity index (χ1v) is 7.25. The van der Waals surface area contributed by atoms with Crippen LogP contribution in [-0.2, 0) is 9.59 Å². The predicted molar refractivity (Wildman–Crippen MR) is 84.4 cm³/mol. The van der Waals surface area contributed by atoms with Gasteiger partial charge in [0.1, 0.15) is 6.04 Å². The normalized spacial score (nSPS) is 11.9. The molecule has 0 aromatic heterocycles. The van der Waals surface area contributed by atoms with Crippen molar-refractivity contribution in [3.05, 3.63) is 34.9 Å². The molecule has 7 heteroatoms. The van der Waals surface area contributed by atoms with Gasteiger partial charge in [0, 0.05) is 16.6 Å². The average molecular weight is 326 g/mol. The zero-order valence-electron chi connectivity index (χ0n) is 12.8. The van der Waals surface area contributed by atoms with Crippen LogP contribution >= 0.6 is 11.6 Å². The van der Waals surface area contributed by atoms with E-state index in [1.165, 1.54) is 4.90 Å². The summed E-state index contributed by atoms with van der Waals surface area (Å²) in [5.41, 5.74) is 5.54. The third kappa shape index (κ3) is 5.04. The fourth-order valence-corrected chi connectivity index (χ4v) is 2.00. The number of amides is 3. The van der Waals surface area contributed by atoms with E-state index in [4.69, 9.17) is 17.3 Å². The van der Waals surface area contributed by atoms with Crippen molar-refractivity contribution in [2.24, 2.45) is 5.73 Å². The van der Waals surface area contributed by atoms with Crippen molar-refractivity contribution in [1.82, 2.24) is 10.2 Å². The van der Waals surface area contributed by atoms with Crippen LogP contribution in [0, 0.1) is 0 Å². The summed E-state index contributed by atoms with van der Waals surface area (Å²) < 4.78 is 0. The second kappa shape index (κ2) is 7.79. The SMILES string of the molecule is CC(NC(=O)c1ccc(Cl)cc1)C(=O)N(CC(N)=O)C(C)C. The van der Waals surface area contributed by atoms with E-state index < -0.39 is 11.9 Å². The van der Waals surface area contributed by atoms with Gasteiger partial charge in [0.15, 0.2) is 0 Å². The highest BCUT2D eigenvalue weighted by Gasteiger charge is 2.25. The van der Waals surface area contributed by atoms with E-state index in [0.717, 1.165) is 0 Å². The molecular weight excluding hydrogens is 306 g/mol. The highest BCUT2D eigenvalue weighted by atomic mass is 35.5. The standard InChI is InChI=1S/C15H20ClN3O3/c1-9(2)19(8-13(17)20)15(22)10(3)18-14(21)11-4-6-12(16)7-5-11/h4-7,9-10H,8H2,1-3H3,(H2,17,20)(H,18,21). The van der Waals surface area contributed by atoms with Crippen molar-refractivity contribution in [2.45, 2.75) is 32.9 Å². The molecule has 0 saturated carbocycles. The molecule has 1 atom stereocenters. The number of hydrogen-bond acceptors (Lipinski definition) is 3. The Labute approximate surface area is 134 Å². The maximum Gasteiger partial charge on any atom is 0.251 e. The van der Waals surface area contributed by atoms with Gasteiger partial charge in [-0.05, 0) is 45.0 Å². The largest absolute Gasteiger partial charge is 0.368 e. The third-order valence-electron chi connectivity index (χ3n) is 3.06. The number of halogens is 1. The number of carbonyl (C=O) groups excluding carboxylic acids is 3. The average Bonchev–Trinajstić information content (AvgIpc) is 2.44. The summed E-state index contributed by atoms with van der Waals surface area (Å²) in [5.74, 6) is -1.35. The van der Waals surface area contributed by atoms with E-state index in [2.05, 4.69) is 5.32 Å². The molecule has 1 aromatic carbocycles. The lowest BCUT2D eigenvalue weighted by molar-refractivity contribution is -0.138. The van der Waals surface area contributed by atoms with Crippen LogP contribution in [-0.4, -0.2) is 41.2 Å². The summed E-state index contributed by atoms with van der Waals surface area (Å²) >= 11 is 5.76. The molecule has 0 fully saturated rings. The summed E-state index contributed by atoms with van der Waals surface area (Å²) in [7, 11) is 0. The Balaban J connectivity index is 2.75. The van der Waals surface area contributed by atoms with Crippen molar-refractivity contribution in [3.8, 4) is 0 Å². The minimum Gasteiger partial charge on any atom is -0.368 e. The summed E-state index contributed by atoms with van der Waals surface area (Å²) in [6.45, 7) is 4.92. The van der Waals surface area contributed by atoms with E-state index in [0.29, 0.717) is 10.6 Å². The smallest absolute Gasteiger partial charge is 0.251 e. The van der Waals surface area contributed by atoms with Gasteiger partial charge in [-0.2, -0.15) is 0 Å². The van der Waals surface area contributed by atoms with Gasteiger partial charge in [-0.1, -0.05) is 11.6 Å². The van der Waals surface area contributed by atoms with Gasteiger partial charge < -0.3 is 16.0 Å². The number of benzene rings is 1. The molecule has 3 N–H and O–H groups in total. The van der Waals surface area contributed by atoms with Crippen LogP contribution in [0.25, 0.3) is 0 Å². The van der Waals surface area contributed by atoms with E-state index >= 15 is 0 Å². The molecular formula is C15H20ClN3O3. The van der Waals surface area contributed by atoms with Crippen LogP contribution in [0.3, 0.4) is 0 Å². The van der Waals surface area contributed by atoms with Gasteiger partial charge in [0.05, 0.1) is 6.54 Å². The van der Waals surface area contributed by atoms with Crippen molar-refractivity contribution in [1.29, 1.82) is 0 Å². The summed E-state index contributed by atoms with van der Waals surface area (Å²) in [6, 6.07) is 5.35. The van der Waals surface area contributed by atoms with Crippen LogP contribution in [0.5, 0.6) is 0 Å². The maximum absolute atomic E-state index is 12.3. The van der Waals surface area contributed by atoms with Crippen molar-refractivity contribution >= 4 is 29.3 Å². The quantitative estimate of drug-likeness (QED) is 0.822. The zero-order chi connectivity index (χ0) is 16.9. The topological polar surface area (TPSA) is 92.5 Å². The molecule has 0 aliphatic heterocycles. The molecule has 1 unspecified atom stereocenters. The molecule has 3 amide bonds. The van der Waals surface area contributed by atoms with E-state index in [1.54, 1.807) is 45.0 Å².